The normalized spacial score (nSPS) is 33.8. The Kier molecular flexibility index (Phi) is 4.65. The zero-order chi connectivity index (χ0) is 12.3. The van der Waals surface area contributed by atoms with Crippen LogP contribution in [-0.4, -0.2) is 18.3 Å². The quantitative estimate of drug-likeness (QED) is 0.788. The Morgan fingerprint density at radius 2 is 1.81 bits per heavy atom. The van der Waals surface area contributed by atoms with Crippen LogP contribution >= 0.6 is 0 Å². The molecule has 0 aliphatic heterocycles. The molecule has 4 atom stereocenters. The largest absolute Gasteiger partial charge is 0.390 e. The minimum absolute atomic E-state index is 0.267. The molecule has 0 heterocycles. The number of hydrogen-bond donors (Lipinski definition) is 1. The Bertz CT molecular complexity index is 215. The summed E-state index contributed by atoms with van der Waals surface area (Å²) in [4.78, 5) is 0. The fourth-order valence-corrected chi connectivity index (χ4v) is 2.51. The summed E-state index contributed by atoms with van der Waals surface area (Å²) in [5, 5.41) is 3.11. The van der Waals surface area contributed by atoms with E-state index in [1.165, 1.54) is 0 Å². The molecule has 4 heteroatoms. The van der Waals surface area contributed by atoms with Gasteiger partial charge in [-0.2, -0.15) is 13.2 Å². The zero-order valence-electron chi connectivity index (χ0n) is 10.3. The van der Waals surface area contributed by atoms with Crippen LogP contribution in [0.25, 0.3) is 0 Å². The third-order valence-corrected chi connectivity index (χ3v) is 3.66. The van der Waals surface area contributed by atoms with Crippen molar-refractivity contribution in [2.75, 3.05) is 0 Å². The van der Waals surface area contributed by atoms with Crippen LogP contribution in [-0.2, 0) is 0 Å². The highest BCUT2D eigenvalue weighted by molar-refractivity contribution is 4.82. The van der Waals surface area contributed by atoms with Crippen LogP contribution in [0, 0.1) is 11.8 Å². The van der Waals surface area contributed by atoms with Gasteiger partial charge in [0.15, 0.2) is 0 Å². The first-order valence-corrected chi connectivity index (χ1v) is 6.10. The van der Waals surface area contributed by atoms with Gasteiger partial charge in [-0.3, -0.25) is 0 Å². The molecule has 0 bridgehead atoms. The molecule has 0 spiro atoms. The van der Waals surface area contributed by atoms with Crippen molar-refractivity contribution in [3.8, 4) is 0 Å². The zero-order valence-corrected chi connectivity index (χ0v) is 10.3. The highest BCUT2D eigenvalue weighted by atomic mass is 19.4. The van der Waals surface area contributed by atoms with Crippen LogP contribution in [0.4, 0.5) is 13.2 Å². The van der Waals surface area contributed by atoms with Gasteiger partial charge in [0.2, 0.25) is 0 Å². The van der Waals surface area contributed by atoms with Gasteiger partial charge in [-0.15, -0.1) is 0 Å². The molecule has 1 aliphatic carbocycles. The van der Waals surface area contributed by atoms with Gasteiger partial charge >= 0.3 is 6.18 Å². The summed E-state index contributed by atoms with van der Waals surface area (Å²) in [7, 11) is 0. The maximum atomic E-state index is 12.2. The molecule has 0 aromatic heterocycles. The fraction of sp³-hybridized carbons (Fsp3) is 1.00. The topological polar surface area (TPSA) is 12.0 Å². The Hall–Kier alpha value is -0.250. The molecular formula is C12H22F3N. The summed E-state index contributed by atoms with van der Waals surface area (Å²) in [5.74, 6) is 1.32. The van der Waals surface area contributed by atoms with Crippen molar-refractivity contribution in [1.82, 2.24) is 5.32 Å². The number of halogens is 3. The summed E-state index contributed by atoms with van der Waals surface area (Å²) >= 11 is 0. The van der Waals surface area contributed by atoms with Crippen LogP contribution in [0.15, 0.2) is 0 Å². The van der Waals surface area contributed by atoms with Gasteiger partial charge in [0.25, 0.3) is 0 Å². The lowest BCUT2D eigenvalue weighted by molar-refractivity contribution is -0.139. The maximum Gasteiger partial charge on any atom is 0.390 e. The average Bonchev–Trinajstić information content (AvgIpc) is 2.08. The Balaban J connectivity index is 2.32. The van der Waals surface area contributed by atoms with Crippen molar-refractivity contribution in [3.05, 3.63) is 0 Å². The Morgan fingerprint density at radius 1 is 1.19 bits per heavy atom. The van der Waals surface area contributed by atoms with Crippen LogP contribution < -0.4 is 5.32 Å². The van der Waals surface area contributed by atoms with Crippen molar-refractivity contribution in [1.29, 1.82) is 0 Å². The lowest BCUT2D eigenvalue weighted by atomic mass is 9.79. The summed E-state index contributed by atoms with van der Waals surface area (Å²) in [6.07, 6.45) is -1.65. The van der Waals surface area contributed by atoms with Gasteiger partial charge in [0.1, 0.15) is 0 Å². The van der Waals surface area contributed by atoms with E-state index < -0.39 is 18.6 Å². The van der Waals surface area contributed by atoms with Crippen molar-refractivity contribution in [2.45, 2.75) is 64.7 Å². The molecule has 0 saturated heterocycles. The molecule has 16 heavy (non-hydrogen) atoms. The molecule has 4 unspecified atom stereocenters. The summed E-state index contributed by atoms with van der Waals surface area (Å²) in [5.41, 5.74) is 0. The van der Waals surface area contributed by atoms with Crippen LogP contribution in [0.1, 0.15) is 46.5 Å². The van der Waals surface area contributed by atoms with Crippen LogP contribution in [0.2, 0.25) is 0 Å². The molecule has 96 valence electrons. The molecule has 0 amide bonds. The van der Waals surface area contributed by atoms with E-state index in [2.05, 4.69) is 19.2 Å². The maximum absolute atomic E-state index is 12.2. The molecular weight excluding hydrogens is 215 g/mol. The monoisotopic (exact) mass is 237 g/mol. The highest BCUT2D eigenvalue weighted by Gasteiger charge is 2.32. The van der Waals surface area contributed by atoms with Crippen molar-refractivity contribution in [3.63, 3.8) is 0 Å². The second-order valence-electron chi connectivity index (χ2n) is 5.35. The van der Waals surface area contributed by atoms with Crippen molar-refractivity contribution in [2.24, 2.45) is 11.8 Å². The number of rotatable bonds is 3. The summed E-state index contributed by atoms with van der Waals surface area (Å²) in [6.45, 7) is 6.03. The Morgan fingerprint density at radius 3 is 2.31 bits per heavy atom. The number of alkyl halides is 3. The van der Waals surface area contributed by atoms with Crippen molar-refractivity contribution >= 4 is 0 Å². The molecule has 1 nitrogen and oxygen atoms in total. The van der Waals surface area contributed by atoms with Crippen LogP contribution in [0.5, 0.6) is 0 Å². The third-order valence-electron chi connectivity index (χ3n) is 3.66. The third kappa shape index (κ3) is 4.73. The predicted molar refractivity (Wildman–Crippen MR) is 59.2 cm³/mol. The molecule has 1 saturated carbocycles. The predicted octanol–water partition coefficient (Wildman–Crippen LogP) is 3.74. The second-order valence-corrected chi connectivity index (χ2v) is 5.35. The standard InChI is InChI=1S/C12H22F3N/c1-8-4-5-11(6-9(8)2)16-10(3)7-12(13,14)15/h8-11,16H,4-7H2,1-3H3. The van der Waals surface area contributed by atoms with Crippen LogP contribution in [0.3, 0.4) is 0 Å². The molecule has 0 radical (unpaired) electrons. The molecule has 1 aliphatic rings. The molecule has 0 aromatic rings. The van der Waals surface area contributed by atoms with E-state index >= 15 is 0 Å². The first-order valence-electron chi connectivity index (χ1n) is 6.10. The smallest absolute Gasteiger partial charge is 0.311 e. The minimum Gasteiger partial charge on any atom is -0.311 e. The second kappa shape index (κ2) is 5.39. The lowest BCUT2D eigenvalue weighted by Crippen LogP contribution is -2.42. The average molecular weight is 237 g/mol. The van der Waals surface area contributed by atoms with Crippen molar-refractivity contribution < 1.29 is 13.2 Å². The van der Waals surface area contributed by atoms with Gasteiger partial charge in [-0.1, -0.05) is 13.8 Å². The van der Waals surface area contributed by atoms with E-state index in [9.17, 15) is 13.2 Å². The summed E-state index contributed by atoms with van der Waals surface area (Å²) < 4.78 is 36.5. The van der Waals surface area contributed by atoms with E-state index in [4.69, 9.17) is 0 Å². The molecule has 1 N–H and O–H groups in total. The van der Waals surface area contributed by atoms with E-state index in [-0.39, 0.29) is 6.04 Å². The molecule has 0 aromatic carbocycles. The lowest BCUT2D eigenvalue weighted by Gasteiger charge is -2.34. The van der Waals surface area contributed by atoms with Gasteiger partial charge < -0.3 is 5.32 Å². The van der Waals surface area contributed by atoms with Gasteiger partial charge in [-0.25, -0.2) is 0 Å². The fourth-order valence-electron chi connectivity index (χ4n) is 2.51. The van der Waals surface area contributed by atoms with E-state index in [0.717, 1.165) is 19.3 Å². The highest BCUT2D eigenvalue weighted by Crippen LogP contribution is 2.30. The van der Waals surface area contributed by atoms with Gasteiger partial charge in [-0.05, 0) is 38.0 Å². The molecule has 1 rings (SSSR count). The number of nitrogens with one attached hydrogen (secondary N) is 1. The minimum atomic E-state index is -4.06. The van der Waals surface area contributed by atoms with E-state index in [1.54, 1.807) is 6.92 Å². The first-order chi connectivity index (χ1) is 7.28. The van der Waals surface area contributed by atoms with E-state index in [1.807, 2.05) is 0 Å². The number of hydrogen-bond acceptors (Lipinski definition) is 1. The first kappa shape index (κ1) is 13.8. The van der Waals surface area contributed by atoms with E-state index in [0.29, 0.717) is 11.8 Å². The van der Waals surface area contributed by atoms with Gasteiger partial charge in [0.05, 0.1) is 6.42 Å². The van der Waals surface area contributed by atoms with Gasteiger partial charge in [0, 0.05) is 12.1 Å². The SMILES string of the molecule is CC(CC(F)(F)F)NC1CCC(C)C(C)C1. The summed E-state index contributed by atoms with van der Waals surface area (Å²) in [6, 6.07) is -0.200. The Labute approximate surface area is 95.8 Å². The molecule has 1 fully saturated rings.